The van der Waals surface area contributed by atoms with Gasteiger partial charge in [0.25, 0.3) is 0 Å². The fraction of sp³-hybridized carbons (Fsp3) is 0.538. The first-order chi connectivity index (χ1) is 8.08. The van der Waals surface area contributed by atoms with Gasteiger partial charge in [0.15, 0.2) is 0 Å². The van der Waals surface area contributed by atoms with Gasteiger partial charge in [-0.25, -0.2) is 0 Å². The van der Waals surface area contributed by atoms with Crippen LogP contribution in [0.2, 0.25) is 5.02 Å². The highest BCUT2D eigenvalue weighted by molar-refractivity contribution is 6.33. The Labute approximate surface area is 109 Å². The summed E-state index contributed by atoms with van der Waals surface area (Å²) in [6.07, 6.45) is 0. The van der Waals surface area contributed by atoms with Crippen molar-refractivity contribution in [3.8, 4) is 0 Å². The van der Waals surface area contributed by atoms with Gasteiger partial charge in [0.1, 0.15) is 0 Å². The lowest BCUT2D eigenvalue weighted by Gasteiger charge is -2.27. The molecule has 0 saturated heterocycles. The quantitative estimate of drug-likeness (QED) is 0.796. The average molecular weight is 257 g/mol. The van der Waals surface area contributed by atoms with Crippen LogP contribution in [0.1, 0.15) is 19.4 Å². The zero-order valence-corrected chi connectivity index (χ0v) is 11.5. The second kappa shape index (κ2) is 6.84. The van der Waals surface area contributed by atoms with E-state index in [2.05, 4.69) is 18.7 Å². The molecule has 0 bridgehead atoms. The van der Waals surface area contributed by atoms with Gasteiger partial charge in [-0.2, -0.15) is 0 Å². The van der Waals surface area contributed by atoms with E-state index in [9.17, 15) is 0 Å². The van der Waals surface area contributed by atoms with Gasteiger partial charge < -0.3 is 10.5 Å². The maximum absolute atomic E-state index is 5.90. The van der Waals surface area contributed by atoms with Crippen LogP contribution in [-0.2, 0) is 11.3 Å². The predicted molar refractivity (Wildman–Crippen MR) is 73.3 cm³/mol. The molecular weight excluding hydrogens is 236 g/mol. The minimum absolute atomic E-state index is 0.391. The number of hydrogen-bond acceptors (Lipinski definition) is 3. The molecule has 1 atom stereocenters. The zero-order valence-electron chi connectivity index (χ0n) is 10.7. The second-order valence-electron chi connectivity index (χ2n) is 4.22. The summed E-state index contributed by atoms with van der Waals surface area (Å²) in [7, 11) is 1.73. The Hall–Kier alpha value is -0.770. The number of anilines is 1. The standard InChI is InChI=1S/C13H21ClN2O/c1-4-16(10(2)9-17-3)8-11-5-6-12(14)13(15)7-11/h5-7,10H,4,8-9,15H2,1-3H3. The molecular formula is C13H21ClN2O. The van der Waals surface area contributed by atoms with Gasteiger partial charge in [-0.1, -0.05) is 24.6 Å². The van der Waals surface area contributed by atoms with Crippen LogP contribution in [0.4, 0.5) is 5.69 Å². The minimum Gasteiger partial charge on any atom is -0.398 e. The summed E-state index contributed by atoms with van der Waals surface area (Å²) in [4.78, 5) is 2.34. The highest BCUT2D eigenvalue weighted by Crippen LogP contribution is 2.20. The summed E-state index contributed by atoms with van der Waals surface area (Å²) in [6, 6.07) is 6.19. The van der Waals surface area contributed by atoms with Crippen LogP contribution >= 0.6 is 11.6 Å². The number of ether oxygens (including phenoxy) is 1. The van der Waals surface area contributed by atoms with Crippen molar-refractivity contribution in [3.63, 3.8) is 0 Å². The third-order valence-electron chi connectivity index (χ3n) is 2.88. The first kappa shape index (κ1) is 14.3. The fourth-order valence-electron chi connectivity index (χ4n) is 1.85. The minimum atomic E-state index is 0.391. The van der Waals surface area contributed by atoms with Gasteiger partial charge in [0.05, 0.1) is 17.3 Å². The molecule has 96 valence electrons. The molecule has 0 fully saturated rings. The molecule has 17 heavy (non-hydrogen) atoms. The number of hydrogen-bond donors (Lipinski definition) is 1. The molecule has 0 aliphatic heterocycles. The van der Waals surface area contributed by atoms with E-state index in [1.807, 2.05) is 18.2 Å². The van der Waals surface area contributed by atoms with Crippen molar-refractivity contribution in [1.82, 2.24) is 4.90 Å². The number of nitrogens with zero attached hydrogens (tertiary/aromatic N) is 1. The van der Waals surface area contributed by atoms with E-state index in [0.717, 1.165) is 19.7 Å². The first-order valence-corrected chi connectivity index (χ1v) is 6.23. The molecule has 0 spiro atoms. The van der Waals surface area contributed by atoms with Gasteiger partial charge in [-0.3, -0.25) is 4.90 Å². The van der Waals surface area contributed by atoms with Crippen molar-refractivity contribution < 1.29 is 4.74 Å². The lowest BCUT2D eigenvalue weighted by Crippen LogP contribution is -2.35. The number of likely N-dealkylation sites (N-methyl/N-ethyl adjacent to an activating group) is 1. The summed E-state index contributed by atoms with van der Waals surface area (Å²) >= 11 is 5.90. The molecule has 1 rings (SSSR count). The second-order valence-corrected chi connectivity index (χ2v) is 4.63. The third kappa shape index (κ3) is 4.19. The highest BCUT2D eigenvalue weighted by Gasteiger charge is 2.12. The van der Waals surface area contributed by atoms with Gasteiger partial charge in [0.2, 0.25) is 0 Å². The van der Waals surface area contributed by atoms with E-state index in [4.69, 9.17) is 22.1 Å². The van der Waals surface area contributed by atoms with Crippen molar-refractivity contribution in [2.75, 3.05) is 26.0 Å². The molecule has 4 heteroatoms. The van der Waals surface area contributed by atoms with E-state index in [-0.39, 0.29) is 0 Å². The smallest absolute Gasteiger partial charge is 0.0635 e. The summed E-state index contributed by atoms with van der Waals surface area (Å²) in [6.45, 7) is 6.88. The fourth-order valence-corrected chi connectivity index (χ4v) is 1.97. The summed E-state index contributed by atoms with van der Waals surface area (Å²) in [5, 5.41) is 0.613. The molecule has 1 aromatic rings. The van der Waals surface area contributed by atoms with Crippen LogP contribution in [0.3, 0.4) is 0 Å². The molecule has 3 nitrogen and oxygen atoms in total. The maximum atomic E-state index is 5.90. The van der Waals surface area contributed by atoms with Crippen molar-refractivity contribution in [1.29, 1.82) is 0 Å². The molecule has 2 N–H and O–H groups in total. The van der Waals surface area contributed by atoms with Crippen molar-refractivity contribution in [2.24, 2.45) is 0 Å². The normalized spacial score (nSPS) is 13.0. The van der Waals surface area contributed by atoms with E-state index in [1.54, 1.807) is 7.11 Å². The van der Waals surface area contributed by atoms with Crippen LogP contribution in [-0.4, -0.2) is 31.2 Å². The van der Waals surface area contributed by atoms with Crippen LogP contribution in [0.5, 0.6) is 0 Å². The number of halogens is 1. The van der Waals surface area contributed by atoms with Crippen molar-refractivity contribution >= 4 is 17.3 Å². The van der Waals surface area contributed by atoms with Gasteiger partial charge in [-0.15, -0.1) is 0 Å². The largest absolute Gasteiger partial charge is 0.398 e. The Kier molecular flexibility index (Phi) is 5.75. The van der Waals surface area contributed by atoms with E-state index in [1.165, 1.54) is 5.56 Å². The monoisotopic (exact) mass is 256 g/mol. The first-order valence-electron chi connectivity index (χ1n) is 5.85. The third-order valence-corrected chi connectivity index (χ3v) is 3.23. The molecule has 1 aromatic carbocycles. The topological polar surface area (TPSA) is 38.5 Å². The Balaban J connectivity index is 2.70. The Morgan fingerprint density at radius 1 is 1.47 bits per heavy atom. The summed E-state index contributed by atoms with van der Waals surface area (Å²) < 4.78 is 5.18. The summed E-state index contributed by atoms with van der Waals surface area (Å²) in [5.74, 6) is 0. The number of methoxy groups -OCH3 is 1. The van der Waals surface area contributed by atoms with Gasteiger partial charge >= 0.3 is 0 Å². The van der Waals surface area contributed by atoms with E-state index >= 15 is 0 Å². The summed E-state index contributed by atoms with van der Waals surface area (Å²) in [5.41, 5.74) is 7.61. The Morgan fingerprint density at radius 3 is 2.71 bits per heavy atom. The molecule has 0 amide bonds. The number of nitrogens with two attached hydrogens (primary N) is 1. The number of nitrogen functional groups attached to an aromatic ring is 1. The Morgan fingerprint density at radius 2 is 2.18 bits per heavy atom. The molecule has 0 aliphatic rings. The molecule has 0 radical (unpaired) electrons. The van der Waals surface area contributed by atoms with E-state index < -0.39 is 0 Å². The average Bonchev–Trinajstić information content (AvgIpc) is 2.30. The van der Waals surface area contributed by atoms with E-state index in [0.29, 0.717) is 16.8 Å². The Bertz CT molecular complexity index is 357. The van der Waals surface area contributed by atoms with Crippen molar-refractivity contribution in [3.05, 3.63) is 28.8 Å². The van der Waals surface area contributed by atoms with Crippen LogP contribution in [0.15, 0.2) is 18.2 Å². The molecule has 1 unspecified atom stereocenters. The van der Waals surface area contributed by atoms with Gasteiger partial charge in [0, 0.05) is 19.7 Å². The zero-order chi connectivity index (χ0) is 12.8. The number of benzene rings is 1. The van der Waals surface area contributed by atoms with Crippen LogP contribution in [0.25, 0.3) is 0 Å². The molecule has 0 heterocycles. The van der Waals surface area contributed by atoms with Crippen LogP contribution < -0.4 is 5.73 Å². The molecule has 0 saturated carbocycles. The lowest BCUT2D eigenvalue weighted by molar-refractivity contribution is 0.0982. The SMILES string of the molecule is CCN(Cc1ccc(Cl)c(N)c1)C(C)COC. The number of rotatable bonds is 6. The molecule has 0 aromatic heterocycles. The molecule has 0 aliphatic carbocycles. The predicted octanol–water partition coefficient (Wildman–Crippen LogP) is 2.78. The van der Waals surface area contributed by atoms with Gasteiger partial charge in [-0.05, 0) is 31.2 Å². The van der Waals surface area contributed by atoms with Crippen LogP contribution in [0, 0.1) is 0 Å². The highest BCUT2D eigenvalue weighted by atomic mass is 35.5. The maximum Gasteiger partial charge on any atom is 0.0635 e. The lowest BCUT2D eigenvalue weighted by atomic mass is 10.1. The van der Waals surface area contributed by atoms with Crippen molar-refractivity contribution in [2.45, 2.75) is 26.4 Å².